The van der Waals surface area contributed by atoms with E-state index in [1.165, 1.54) is 0 Å². The van der Waals surface area contributed by atoms with E-state index in [1.807, 2.05) is 53.4 Å². The van der Waals surface area contributed by atoms with E-state index in [4.69, 9.17) is 4.74 Å². The quantitative estimate of drug-likeness (QED) is 0.716. The minimum absolute atomic E-state index is 0.0301. The summed E-state index contributed by atoms with van der Waals surface area (Å²) in [4.78, 5) is 17.0. The number of carbonyl (C=O) groups excluding carboxylic acids is 1. The van der Waals surface area contributed by atoms with Gasteiger partial charge in [-0.25, -0.2) is 4.68 Å². The summed E-state index contributed by atoms with van der Waals surface area (Å²) in [5.41, 5.74) is 2.69. The van der Waals surface area contributed by atoms with Crippen LogP contribution in [0.25, 0.3) is 5.69 Å². The topological polar surface area (TPSA) is 50.6 Å². The largest absolute Gasteiger partial charge is 0.497 e. The molecule has 6 heteroatoms. The molecule has 0 radical (unpaired) electrons. The maximum absolute atomic E-state index is 12.8. The van der Waals surface area contributed by atoms with Gasteiger partial charge in [-0.2, -0.15) is 5.10 Å². The SMILES string of the molecule is COc1cccc(N2CCN(C(=O)c3cnn(-c4ccccc4)c3)CC2)c1. The fourth-order valence-corrected chi connectivity index (χ4v) is 3.31. The van der Waals surface area contributed by atoms with Gasteiger partial charge in [0.2, 0.25) is 0 Å². The van der Waals surface area contributed by atoms with E-state index < -0.39 is 0 Å². The zero-order chi connectivity index (χ0) is 18.6. The number of hydrogen-bond donors (Lipinski definition) is 0. The number of anilines is 1. The van der Waals surface area contributed by atoms with Gasteiger partial charge in [-0.3, -0.25) is 4.79 Å². The van der Waals surface area contributed by atoms with Crippen molar-refractivity contribution < 1.29 is 9.53 Å². The highest BCUT2D eigenvalue weighted by Crippen LogP contribution is 2.22. The molecule has 0 spiro atoms. The number of rotatable bonds is 4. The van der Waals surface area contributed by atoms with E-state index in [0.717, 1.165) is 30.2 Å². The summed E-state index contributed by atoms with van der Waals surface area (Å²) in [6, 6.07) is 17.8. The Morgan fingerprint density at radius 3 is 2.44 bits per heavy atom. The van der Waals surface area contributed by atoms with Gasteiger partial charge in [-0.15, -0.1) is 0 Å². The van der Waals surface area contributed by atoms with Gasteiger partial charge < -0.3 is 14.5 Å². The Bertz CT molecular complexity index is 915. The Labute approximate surface area is 158 Å². The van der Waals surface area contributed by atoms with Crippen molar-refractivity contribution in [2.45, 2.75) is 0 Å². The molecule has 1 aliphatic heterocycles. The van der Waals surface area contributed by atoms with Crippen LogP contribution in [0.5, 0.6) is 5.75 Å². The van der Waals surface area contributed by atoms with Crippen molar-refractivity contribution in [1.82, 2.24) is 14.7 Å². The first-order valence-electron chi connectivity index (χ1n) is 9.03. The molecule has 1 aliphatic rings. The third-order valence-corrected chi connectivity index (χ3v) is 4.84. The third kappa shape index (κ3) is 3.65. The Morgan fingerprint density at radius 1 is 0.963 bits per heavy atom. The van der Waals surface area contributed by atoms with E-state index in [1.54, 1.807) is 24.2 Å². The Morgan fingerprint density at radius 2 is 1.70 bits per heavy atom. The zero-order valence-corrected chi connectivity index (χ0v) is 15.3. The van der Waals surface area contributed by atoms with Gasteiger partial charge >= 0.3 is 0 Å². The fraction of sp³-hybridized carbons (Fsp3) is 0.238. The van der Waals surface area contributed by atoms with Crippen LogP contribution in [0.1, 0.15) is 10.4 Å². The van der Waals surface area contributed by atoms with Crippen molar-refractivity contribution in [3.05, 3.63) is 72.6 Å². The molecule has 2 heterocycles. The standard InChI is InChI=1S/C21H22N4O2/c1-27-20-9-5-8-19(14-20)23-10-12-24(13-11-23)21(26)17-15-22-25(16-17)18-6-3-2-4-7-18/h2-9,14-16H,10-13H2,1H3. The van der Waals surface area contributed by atoms with Crippen LogP contribution in [0, 0.1) is 0 Å². The molecule has 6 nitrogen and oxygen atoms in total. The van der Waals surface area contributed by atoms with Gasteiger partial charge in [-0.1, -0.05) is 24.3 Å². The summed E-state index contributed by atoms with van der Waals surface area (Å²) >= 11 is 0. The highest BCUT2D eigenvalue weighted by atomic mass is 16.5. The van der Waals surface area contributed by atoms with E-state index >= 15 is 0 Å². The molecule has 0 N–H and O–H groups in total. The second-order valence-corrected chi connectivity index (χ2v) is 6.49. The lowest BCUT2D eigenvalue weighted by molar-refractivity contribution is 0.0746. The van der Waals surface area contributed by atoms with E-state index in [0.29, 0.717) is 18.7 Å². The van der Waals surface area contributed by atoms with Gasteiger partial charge in [0, 0.05) is 44.1 Å². The lowest BCUT2D eigenvalue weighted by atomic mass is 10.2. The lowest BCUT2D eigenvalue weighted by Gasteiger charge is -2.36. The van der Waals surface area contributed by atoms with Gasteiger partial charge in [0.05, 0.1) is 24.6 Å². The Kier molecular flexibility index (Phi) is 4.78. The number of carbonyl (C=O) groups is 1. The number of aromatic nitrogens is 2. The van der Waals surface area contributed by atoms with Gasteiger partial charge in [0.25, 0.3) is 5.91 Å². The number of para-hydroxylation sites is 1. The minimum Gasteiger partial charge on any atom is -0.497 e. The number of amides is 1. The maximum Gasteiger partial charge on any atom is 0.257 e. The molecule has 0 atom stereocenters. The summed E-state index contributed by atoms with van der Waals surface area (Å²) in [7, 11) is 1.67. The van der Waals surface area contributed by atoms with Crippen molar-refractivity contribution in [2.75, 3.05) is 38.2 Å². The average Bonchev–Trinajstić information content (AvgIpc) is 3.24. The second kappa shape index (κ2) is 7.53. The molecule has 2 aromatic carbocycles. The van der Waals surface area contributed by atoms with Crippen molar-refractivity contribution in [3.63, 3.8) is 0 Å². The van der Waals surface area contributed by atoms with Crippen LogP contribution in [0.3, 0.4) is 0 Å². The van der Waals surface area contributed by atoms with Crippen molar-refractivity contribution in [3.8, 4) is 11.4 Å². The van der Waals surface area contributed by atoms with Crippen LogP contribution in [-0.2, 0) is 0 Å². The van der Waals surface area contributed by atoms with Crippen molar-refractivity contribution in [1.29, 1.82) is 0 Å². The highest BCUT2D eigenvalue weighted by Gasteiger charge is 2.23. The number of piperazine rings is 1. The number of hydrogen-bond acceptors (Lipinski definition) is 4. The number of methoxy groups -OCH3 is 1. The lowest BCUT2D eigenvalue weighted by Crippen LogP contribution is -2.48. The zero-order valence-electron chi connectivity index (χ0n) is 15.3. The molecule has 1 amide bonds. The first-order chi connectivity index (χ1) is 13.2. The molecule has 0 bridgehead atoms. The summed E-state index contributed by atoms with van der Waals surface area (Å²) in [5.74, 6) is 0.877. The molecule has 1 fully saturated rings. The smallest absolute Gasteiger partial charge is 0.257 e. The number of benzene rings is 2. The molecule has 27 heavy (non-hydrogen) atoms. The summed E-state index contributed by atoms with van der Waals surface area (Å²) < 4.78 is 7.04. The highest BCUT2D eigenvalue weighted by molar-refractivity contribution is 5.94. The van der Waals surface area contributed by atoms with Gasteiger partial charge in [-0.05, 0) is 24.3 Å². The molecule has 1 aromatic heterocycles. The van der Waals surface area contributed by atoms with Crippen LogP contribution in [0.2, 0.25) is 0 Å². The van der Waals surface area contributed by atoms with Crippen LogP contribution >= 0.6 is 0 Å². The molecular formula is C21H22N4O2. The molecular weight excluding hydrogens is 340 g/mol. The summed E-state index contributed by atoms with van der Waals surface area (Å²) in [5, 5.41) is 4.33. The second-order valence-electron chi connectivity index (χ2n) is 6.49. The summed E-state index contributed by atoms with van der Waals surface area (Å²) in [6.45, 7) is 2.97. The van der Waals surface area contributed by atoms with Crippen LogP contribution in [-0.4, -0.2) is 53.9 Å². The number of ether oxygens (including phenoxy) is 1. The predicted molar refractivity (Wildman–Crippen MR) is 105 cm³/mol. The maximum atomic E-state index is 12.8. The van der Waals surface area contributed by atoms with E-state index in [-0.39, 0.29) is 5.91 Å². The van der Waals surface area contributed by atoms with Crippen LogP contribution in [0.4, 0.5) is 5.69 Å². The molecule has 3 aromatic rings. The molecule has 0 unspecified atom stereocenters. The molecule has 1 saturated heterocycles. The van der Waals surface area contributed by atoms with E-state index in [9.17, 15) is 4.79 Å². The van der Waals surface area contributed by atoms with Crippen molar-refractivity contribution >= 4 is 11.6 Å². The first-order valence-corrected chi connectivity index (χ1v) is 9.03. The molecule has 4 rings (SSSR count). The normalized spacial score (nSPS) is 14.3. The van der Waals surface area contributed by atoms with E-state index in [2.05, 4.69) is 16.1 Å². The van der Waals surface area contributed by atoms with Gasteiger partial charge in [0.15, 0.2) is 0 Å². The van der Waals surface area contributed by atoms with Crippen LogP contribution < -0.4 is 9.64 Å². The number of nitrogens with zero attached hydrogens (tertiary/aromatic N) is 4. The minimum atomic E-state index is 0.0301. The average molecular weight is 362 g/mol. The summed E-state index contributed by atoms with van der Waals surface area (Å²) in [6.07, 6.45) is 3.44. The van der Waals surface area contributed by atoms with Crippen molar-refractivity contribution in [2.24, 2.45) is 0 Å². The monoisotopic (exact) mass is 362 g/mol. The predicted octanol–water partition coefficient (Wildman–Crippen LogP) is 2.84. The fourth-order valence-electron chi connectivity index (χ4n) is 3.31. The van der Waals surface area contributed by atoms with Crippen LogP contribution in [0.15, 0.2) is 67.0 Å². The molecule has 0 saturated carbocycles. The Hall–Kier alpha value is -3.28. The third-order valence-electron chi connectivity index (χ3n) is 4.84. The molecule has 0 aliphatic carbocycles. The first kappa shape index (κ1) is 17.1. The molecule has 138 valence electrons. The Balaban J connectivity index is 1.41. The van der Waals surface area contributed by atoms with Gasteiger partial charge in [0.1, 0.15) is 5.75 Å².